The predicted octanol–water partition coefficient (Wildman–Crippen LogP) is 3.57. The number of β-amino-alcohol motifs (C(OH)–C–C–N with tert-alkyl or cyclic N) is 1. The van der Waals surface area contributed by atoms with Crippen LogP contribution in [-0.2, 0) is 9.47 Å². The van der Waals surface area contributed by atoms with Crippen molar-refractivity contribution in [1.82, 2.24) is 4.90 Å². The van der Waals surface area contributed by atoms with Crippen LogP contribution in [0.5, 0.6) is 0 Å². The molecule has 2 bridgehead atoms. The predicted molar refractivity (Wildman–Crippen MR) is 106 cm³/mol. The standard InChI is InChI=1S/C23H32FNO3/c1-23(2)18-6-3-17(21(23)11-18)14-27-15-20(26)12-25-9-10-28-22(13-25)16-4-7-19(24)8-5-16/h3-5,7-8,18,20-22,26H,6,9-15H2,1-2H3/t18-,20+,21+,22-/m1/s1. The normalized spacial score (nSPS) is 30.4. The van der Waals surface area contributed by atoms with Crippen molar-refractivity contribution in [3.63, 3.8) is 0 Å². The zero-order valence-corrected chi connectivity index (χ0v) is 16.9. The largest absolute Gasteiger partial charge is 0.389 e. The van der Waals surface area contributed by atoms with Crippen LogP contribution in [-0.4, -0.2) is 55.6 Å². The van der Waals surface area contributed by atoms with Gasteiger partial charge in [0.05, 0.1) is 32.0 Å². The van der Waals surface area contributed by atoms with Crippen LogP contribution in [0.15, 0.2) is 35.9 Å². The third-order valence-corrected chi connectivity index (χ3v) is 7.02. The summed E-state index contributed by atoms with van der Waals surface area (Å²) in [5, 5.41) is 10.4. The zero-order chi connectivity index (χ0) is 19.7. The van der Waals surface area contributed by atoms with Crippen molar-refractivity contribution >= 4 is 0 Å². The average molecular weight is 390 g/mol. The van der Waals surface area contributed by atoms with E-state index < -0.39 is 6.10 Å². The molecule has 154 valence electrons. The van der Waals surface area contributed by atoms with Crippen molar-refractivity contribution in [2.75, 3.05) is 39.5 Å². The van der Waals surface area contributed by atoms with Crippen LogP contribution in [0, 0.1) is 23.1 Å². The third-order valence-electron chi connectivity index (χ3n) is 7.02. The number of allylic oxidation sites excluding steroid dienone is 1. The molecule has 0 amide bonds. The highest BCUT2D eigenvalue weighted by atomic mass is 19.1. The molecule has 0 radical (unpaired) electrons. The number of benzene rings is 1. The van der Waals surface area contributed by atoms with Crippen LogP contribution in [0.1, 0.15) is 38.4 Å². The van der Waals surface area contributed by atoms with Crippen molar-refractivity contribution in [3.8, 4) is 0 Å². The average Bonchev–Trinajstić information content (AvgIpc) is 2.68. The second-order valence-electron chi connectivity index (χ2n) is 9.16. The number of aliphatic hydroxyl groups excluding tert-OH is 1. The molecule has 1 aromatic carbocycles. The lowest BCUT2D eigenvalue weighted by Crippen LogP contribution is -2.48. The van der Waals surface area contributed by atoms with E-state index in [4.69, 9.17) is 9.47 Å². The van der Waals surface area contributed by atoms with E-state index in [2.05, 4.69) is 24.8 Å². The molecule has 1 saturated heterocycles. The smallest absolute Gasteiger partial charge is 0.123 e. The van der Waals surface area contributed by atoms with Gasteiger partial charge in [0.2, 0.25) is 0 Å². The summed E-state index contributed by atoms with van der Waals surface area (Å²) in [5.74, 6) is 1.25. The second kappa shape index (κ2) is 8.23. The summed E-state index contributed by atoms with van der Waals surface area (Å²) in [6, 6.07) is 6.47. The number of hydrogen-bond acceptors (Lipinski definition) is 4. The molecule has 5 rings (SSSR count). The minimum atomic E-state index is -0.515. The molecule has 1 aromatic rings. The molecule has 1 aliphatic heterocycles. The summed E-state index contributed by atoms with van der Waals surface area (Å²) in [7, 11) is 0. The van der Waals surface area contributed by atoms with Gasteiger partial charge in [-0.15, -0.1) is 0 Å². The maximum atomic E-state index is 13.1. The number of fused-ring (bicyclic) bond motifs is 1. The van der Waals surface area contributed by atoms with Gasteiger partial charge >= 0.3 is 0 Å². The van der Waals surface area contributed by atoms with Gasteiger partial charge < -0.3 is 14.6 Å². The van der Waals surface area contributed by atoms with Gasteiger partial charge in [0.25, 0.3) is 0 Å². The number of ether oxygens (including phenoxy) is 2. The van der Waals surface area contributed by atoms with Crippen molar-refractivity contribution in [3.05, 3.63) is 47.3 Å². The molecular weight excluding hydrogens is 357 g/mol. The van der Waals surface area contributed by atoms with Crippen molar-refractivity contribution < 1.29 is 19.0 Å². The minimum Gasteiger partial charge on any atom is -0.389 e. The van der Waals surface area contributed by atoms with Crippen LogP contribution in [0.25, 0.3) is 0 Å². The topological polar surface area (TPSA) is 41.9 Å². The third kappa shape index (κ3) is 4.18. The van der Waals surface area contributed by atoms with Gasteiger partial charge in [-0.2, -0.15) is 0 Å². The number of halogens is 1. The Labute approximate surface area is 167 Å². The van der Waals surface area contributed by atoms with Crippen LogP contribution in [0.4, 0.5) is 4.39 Å². The van der Waals surface area contributed by atoms with Gasteiger partial charge in [0.1, 0.15) is 5.82 Å². The van der Waals surface area contributed by atoms with Crippen LogP contribution < -0.4 is 0 Å². The molecule has 1 N–H and O–H groups in total. The first-order chi connectivity index (χ1) is 13.4. The Kier molecular flexibility index (Phi) is 5.88. The summed E-state index contributed by atoms with van der Waals surface area (Å²) in [5.41, 5.74) is 2.81. The fraction of sp³-hybridized carbons (Fsp3) is 0.652. The molecule has 0 unspecified atom stereocenters. The first-order valence-electron chi connectivity index (χ1n) is 10.5. The van der Waals surface area contributed by atoms with Gasteiger partial charge in [-0.05, 0) is 53.4 Å². The van der Waals surface area contributed by atoms with Crippen LogP contribution in [0.3, 0.4) is 0 Å². The summed E-state index contributed by atoms with van der Waals surface area (Å²) >= 11 is 0. The highest BCUT2D eigenvalue weighted by molar-refractivity contribution is 5.23. The van der Waals surface area contributed by atoms with Crippen molar-refractivity contribution in [1.29, 1.82) is 0 Å². The van der Waals surface area contributed by atoms with E-state index in [1.54, 1.807) is 12.1 Å². The molecule has 0 aromatic heterocycles. The molecule has 1 saturated carbocycles. The Morgan fingerprint density at radius 1 is 1.32 bits per heavy atom. The fourth-order valence-electron chi connectivity index (χ4n) is 5.05. The molecule has 4 atom stereocenters. The number of hydrogen-bond donors (Lipinski definition) is 1. The monoisotopic (exact) mass is 389 g/mol. The first-order valence-corrected chi connectivity index (χ1v) is 10.5. The molecule has 0 spiro atoms. The second-order valence-corrected chi connectivity index (χ2v) is 9.16. The summed E-state index contributed by atoms with van der Waals surface area (Å²) < 4.78 is 24.8. The maximum absolute atomic E-state index is 13.1. The molecule has 5 heteroatoms. The van der Waals surface area contributed by atoms with Gasteiger partial charge in [-0.25, -0.2) is 4.39 Å². The molecular formula is C23H32FNO3. The van der Waals surface area contributed by atoms with E-state index in [0.717, 1.165) is 18.0 Å². The fourth-order valence-corrected chi connectivity index (χ4v) is 5.05. The molecule has 2 fully saturated rings. The Morgan fingerprint density at radius 3 is 2.82 bits per heavy atom. The Hall–Kier alpha value is -1.27. The van der Waals surface area contributed by atoms with Gasteiger partial charge in [0.15, 0.2) is 0 Å². The van der Waals surface area contributed by atoms with Gasteiger partial charge in [0, 0.05) is 19.6 Å². The molecule has 1 heterocycles. The lowest BCUT2D eigenvalue weighted by molar-refractivity contribution is -0.0545. The Bertz CT molecular complexity index is 702. The van der Waals surface area contributed by atoms with E-state index >= 15 is 0 Å². The molecule has 3 aliphatic carbocycles. The zero-order valence-electron chi connectivity index (χ0n) is 16.9. The van der Waals surface area contributed by atoms with E-state index in [0.29, 0.717) is 44.2 Å². The number of rotatable bonds is 7. The minimum absolute atomic E-state index is 0.0799. The van der Waals surface area contributed by atoms with Gasteiger partial charge in [-0.1, -0.05) is 32.1 Å². The van der Waals surface area contributed by atoms with Crippen molar-refractivity contribution in [2.24, 2.45) is 17.3 Å². The van der Waals surface area contributed by atoms with Crippen LogP contribution >= 0.6 is 0 Å². The Morgan fingerprint density at radius 2 is 2.11 bits per heavy atom. The van der Waals surface area contributed by atoms with E-state index in [1.807, 2.05) is 0 Å². The lowest BCUT2D eigenvalue weighted by atomic mass is 9.49. The first kappa shape index (κ1) is 20.0. The van der Waals surface area contributed by atoms with E-state index in [-0.39, 0.29) is 11.9 Å². The quantitative estimate of drug-likeness (QED) is 0.724. The number of nitrogens with zero attached hydrogens (tertiary/aromatic N) is 1. The summed E-state index contributed by atoms with van der Waals surface area (Å²) in [4.78, 5) is 2.20. The summed E-state index contributed by atoms with van der Waals surface area (Å²) in [6.45, 7) is 8.39. The summed E-state index contributed by atoms with van der Waals surface area (Å²) in [6.07, 6.45) is 4.22. The van der Waals surface area contributed by atoms with E-state index in [9.17, 15) is 9.50 Å². The molecule has 4 nitrogen and oxygen atoms in total. The molecule has 4 aliphatic rings. The SMILES string of the molecule is CC1(C)[C@@H]2CC=C(COC[C@@H](O)CN3CCO[C@@H](c4ccc(F)cc4)C3)[C@@H]1C2. The van der Waals surface area contributed by atoms with Crippen molar-refractivity contribution in [2.45, 2.75) is 38.9 Å². The molecule has 28 heavy (non-hydrogen) atoms. The maximum Gasteiger partial charge on any atom is 0.123 e. The Balaban J connectivity index is 1.21. The highest BCUT2D eigenvalue weighted by Gasteiger charge is 2.50. The van der Waals surface area contributed by atoms with Gasteiger partial charge in [-0.3, -0.25) is 4.90 Å². The number of morpholine rings is 1. The number of aliphatic hydroxyl groups is 1. The van der Waals surface area contributed by atoms with Crippen LogP contribution in [0.2, 0.25) is 0 Å². The highest BCUT2D eigenvalue weighted by Crippen LogP contribution is 2.59. The van der Waals surface area contributed by atoms with E-state index in [1.165, 1.54) is 30.5 Å². The lowest BCUT2D eigenvalue weighted by Gasteiger charge is -2.56.